The summed E-state index contributed by atoms with van der Waals surface area (Å²) in [7, 11) is 1.92. The Morgan fingerprint density at radius 1 is 1.13 bits per heavy atom. The van der Waals surface area contributed by atoms with Gasteiger partial charge in [-0.1, -0.05) is 12.1 Å². The molecule has 4 aromatic rings. The number of aliphatic hydroxyl groups is 1. The van der Waals surface area contributed by atoms with Crippen LogP contribution in [0.1, 0.15) is 29.2 Å². The molecule has 8 nitrogen and oxygen atoms in total. The minimum atomic E-state index is -0.436. The van der Waals surface area contributed by atoms with Gasteiger partial charge in [0.2, 0.25) is 0 Å². The molecule has 1 aliphatic carbocycles. The molecule has 1 saturated carbocycles. The molecule has 3 aromatic heterocycles. The normalized spacial score (nSPS) is 26.5. The van der Waals surface area contributed by atoms with Crippen LogP contribution in [0.2, 0.25) is 0 Å². The Morgan fingerprint density at radius 2 is 1.93 bits per heavy atom. The van der Waals surface area contributed by atoms with Gasteiger partial charge in [-0.25, -0.2) is 9.50 Å². The van der Waals surface area contributed by atoms with Crippen LogP contribution in [-0.2, 0) is 7.05 Å². The molecule has 8 heteroatoms. The number of benzene rings is 1. The summed E-state index contributed by atoms with van der Waals surface area (Å²) in [5.41, 5.74) is 3.45. The van der Waals surface area contributed by atoms with E-state index in [-0.39, 0.29) is 11.9 Å². The monoisotopic (exact) mass is 404 g/mol. The molecule has 2 aliphatic rings. The minimum absolute atomic E-state index is 0.00979. The minimum Gasteiger partial charge on any atom is -0.391 e. The molecule has 1 aromatic carbocycles. The second-order valence-electron chi connectivity index (χ2n) is 8.71. The number of amides is 1. The number of aryl methyl sites for hydroxylation is 1. The van der Waals surface area contributed by atoms with Crippen LogP contribution in [0.5, 0.6) is 0 Å². The molecular weight excluding hydrogens is 380 g/mol. The number of rotatable bonds is 2. The van der Waals surface area contributed by atoms with Crippen molar-refractivity contribution in [3.63, 3.8) is 0 Å². The van der Waals surface area contributed by atoms with Crippen molar-refractivity contribution >= 4 is 22.6 Å². The quantitative estimate of drug-likeness (QED) is 0.555. The molecule has 1 aliphatic heterocycles. The molecule has 0 bridgehead atoms. The molecule has 0 unspecified atom stereocenters. The molecule has 154 valence electrons. The maximum absolute atomic E-state index is 13.3. The molecule has 4 heterocycles. The lowest BCUT2D eigenvalue weighted by molar-refractivity contribution is 0.0374. The van der Waals surface area contributed by atoms with E-state index in [2.05, 4.69) is 20.7 Å². The van der Waals surface area contributed by atoms with E-state index in [1.807, 2.05) is 53.4 Å². The highest BCUT2D eigenvalue weighted by atomic mass is 16.3. The first-order chi connectivity index (χ1) is 14.6. The lowest BCUT2D eigenvalue weighted by Gasteiger charge is -2.36. The maximum Gasteiger partial charge on any atom is 0.259 e. The van der Waals surface area contributed by atoms with Gasteiger partial charge in [0, 0.05) is 32.5 Å². The van der Waals surface area contributed by atoms with Crippen molar-refractivity contribution in [2.75, 3.05) is 13.1 Å². The van der Waals surface area contributed by atoms with Gasteiger partial charge in [0.15, 0.2) is 0 Å². The number of para-hydroxylation sites is 2. The topological polar surface area (TPSA) is 80.6 Å². The van der Waals surface area contributed by atoms with E-state index in [0.29, 0.717) is 30.4 Å². The number of aromatic nitrogens is 5. The molecule has 1 amide bonds. The third-order valence-corrected chi connectivity index (χ3v) is 7.00. The van der Waals surface area contributed by atoms with Crippen molar-refractivity contribution < 1.29 is 9.90 Å². The number of imidazole rings is 2. The Morgan fingerprint density at radius 3 is 2.80 bits per heavy atom. The highest BCUT2D eigenvalue weighted by molar-refractivity contribution is 6.00. The van der Waals surface area contributed by atoms with Crippen LogP contribution in [0.25, 0.3) is 16.7 Å². The van der Waals surface area contributed by atoms with Gasteiger partial charge in [-0.15, -0.1) is 0 Å². The molecule has 0 radical (unpaired) electrons. The fourth-order valence-electron chi connectivity index (χ4n) is 5.49. The summed E-state index contributed by atoms with van der Waals surface area (Å²) in [4.78, 5) is 19.7. The summed E-state index contributed by atoms with van der Waals surface area (Å²) in [6.45, 7) is 1.42. The van der Waals surface area contributed by atoms with Gasteiger partial charge >= 0.3 is 0 Å². The van der Waals surface area contributed by atoms with E-state index in [0.717, 1.165) is 29.6 Å². The summed E-state index contributed by atoms with van der Waals surface area (Å²) in [5.74, 6) is 0.734. The van der Waals surface area contributed by atoms with Crippen LogP contribution in [0.4, 0.5) is 0 Å². The first-order valence-electron chi connectivity index (χ1n) is 10.5. The van der Waals surface area contributed by atoms with Crippen molar-refractivity contribution in [2.24, 2.45) is 18.9 Å². The predicted molar refractivity (Wildman–Crippen MR) is 111 cm³/mol. The van der Waals surface area contributed by atoms with E-state index in [1.165, 1.54) is 0 Å². The predicted octanol–water partition coefficient (Wildman–Crippen LogP) is 2.11. The average molecular weight is 404 g/mol. The summed E-state index contributed by atoms with van der Waals surface area (Å²) >= 11 is 0. The van der Waals surface area contributed by atoms with E-state index >= 15 is 0 Å². The van der Waals surface area contributed by atoms with Crippen molar-refractivity contribution in [3.8, 4) is 0 Å². The van der Waals surface area contributed by atoms with Crippen molar-refractivity contribution in [2.45, 2.75) is 25.0 Å². The zero-order chi connectivity index (χ0) is 20.4. The largest absolute Gasteiger partial charge is 0.391 e. The molecule has 4 atom stereocenters. The molecule has 1 saturated heterocycles. The molecular formula is C22H24N6O2. The first-order valence-corrected chi connectivity index (χ1v) is 10.5. The number of nitrogens with zero attached hydrogens (tertiary/aromatic N) is 6. The van der Waals surface area contributed by atoms with E-state index in [9.17, 15) is 9.90 Å². The Kier molecular flexibility index (Phi) is 3.80. The Balaban J connectivity index is 1.26. The van der Waals surface area contributed by atoms with E-state index in [1.54, 1.807) is 10.7 Å². The number of hydrogen-bond donors (Lipinski definition) is 1. The van der Waals surface area contributed by atoms with Crippen LogP contribution >= 0.6 is 0 Å². The Labute approximate surface area is 173 Å². The third kappa shape index (κ3) is 2.53. The van der Waals surface area contributed by atoms with Gasteiger partial charge in [-0.3, -0.25) is 4.79 Å². The van der Waals surface area contributed by atoms with Crippen LogP contribution in [0.15, 0.2) is 49.2 Å². The molecule has 30 heavy (non-hydrogen) atoms. The van der Waals surface area contributed by atoms with Gasteiger partial charge in [-0.2, -0.15) is 5.10 Å². The van der Waals surface area contributed by atoms with Crippen LogP contribution in [-0.4, -0.2) is 58.8 Å². The van der Waals surface area contributed by atoms with E-state index in [4.69, 9.17) is 0 Å². The van der Waals surface area contributed by atoms with Gasteiger partial charge < -0.3 is 19.1 Å². The molecule has 0 spiro atoms. The highest BCUT2D eigenvalue weighted by Gasteiger charge is 2.44. The number of likely N-dealkylation sites (tertiary alicyclic amines) is 1. The fraction of sp³-hybridized carbons (Fsp3) is 0.409. The fourth-order valence-corrected chi connectivity index (χ4v) is 5.49. The second kappa shape index (κ2) is 6.43. The van der Waals surface area contributed by atoms with E-state index < -0.39 is 6.10 Å². The van der Waals surface area contributed by atoms with Gasteiger partial charge in [-0.05, 0) is 36.8 Å². The standard InChI is InChI=1S/C22H24N6O2/c1-25-6-7-28-21(25)16(10-24-28)22(30)26-11-14-8-19(20(29)9-15(14)12-26)27-13-23-17-4-2-3-5-18(17)27/h2-7,10,13-15,19-20,29H,8-9,11-12H2,1H3/t14-,15+,19-,20-/m1/s1. The summed E-state index contributed by atoms with van der Waals surface area (Å²) in [6.07, 6.45) is 8.38. The third-order valence-electron chi connectivity index (χ3n) is 7.00. The zero-order valence-electron chi connectivity index (χ0n) is 16.8. The molecule has 6 rings (SSSR count). The molecule has 2 fully saturated rings. The molecule has 1 N–H and O–H groups in total. The summed E-state index contributed by atoms with van der Waals surface area (Å²) in [6, 6.07) is 8.02. The highest BCUT2D eigenvalue weighted by Crippen LogP contribution is 2.42. The van der Waals surface area contributed by atoms with Crippen molar-refractivity contribution in [3.05, 3.63) is 54.7 Å². The first kappa shape index (κ1) is 17.7. The van der Waals surface area contributed by atoms with Crippen LogP contribution in [0, 0.1) is 11.8 Å². The van der Waals surface area contributed by atoms with Crippen LogP contribution < -0.4 is 0 Å². The zero-order valence-corrected chi connectivity index (χ0v) is 16.8. The average Bonchev–Trinajstić information content (AvgIpc) is 3.51. The lowest BCUT2D eigenvalue weighted by atomic mass is 9.77. The number of hydrogen-bond acceptors (Lipinski definition) is 4. The van der Waals surface area contributed by atoms with Crippen LogP contribution in [0.3, 0.4) is 0 Å². The number of fused-ring (bicyclic) bond motifs is 3. The van der Waals surface area contributed by atoms with Crippen molar-refractivity contribution in [1.29, 1.82) is 0 Å². The number of carbonyl (C=O) groups is 1. The van der Waals surface area contributed by atoms with Gasteiger partial charge in [0.05, 0.1) is 35.7 Å². The number of carbonyl (C=O) groups excluding carboxylic acids is 1. The number of aliphatic hydroxyl groups excluding tert-OH is 1. The Hall–Kier alpha value is -3.13. The van der Waals surface area contributed by atoms with Gasteiger partial charge in [0.25, 0.3) is 5.91 Å². The smallest absolute Gasteiger partial charge is 0.259 e. The van der Waals surface area contributed by atoms with Crippen molar-refractivity contribution in [1.82, 2.24) is 28.6 Å². The Bertz CT molecular complexity index is 1250. The summed E-state index contributed by atoms with van der Waals surface area (Å²) < 4.78 is 5.78. The van der Waals surface area contributed by atoms with Gasteiger partial charge in [0.1, 0.15) is 11.2 Å². The maximum atomic E-state index is 13.3. The lowest BCUT2D eigenvalue weighted by Crippen LogP contribution is -2.36. The SMILES string of the molecule is Cn1ccn2ncc(C(=O)N3C[C@H]4C[C@@H](n5cnc6ccccc65)[C@H](O)C[C@H]4C3)c12. The second-order valence-corrected chi connectivity index (χ2v) is 8.71. The summed E-state index contributed by atoms with van der Waals surface area (Å²) in [5, 5.41) is 15.2.